The maximum absolute atomic E-state index is 12.9. The summed E-state index contributed by atoms with van der Waals surface area (Å²) < 4.78 is 11.1. The zero-order valence-corrected chi connectivity index (χ0v) is 16.2. The summed E-state index contributed by atoms with van der Waals surface area (Å²) in [6.45, 7) is 2.76. The van der Waals surface area contributed by atoms with Gasteiger partial charge in [-0.05, 0) is 45.1 Å². The number of likely N-dealkylation sites (N-methyl/N-ethyl adjacent to an activating group) is 2. The predicted octanol–water partition coefficient (Wildman–Crippen LogP) is 1.62. The third-order valence-corrected chi connectivity index (χ3v) is 4.85. The molecule has 1 atom stereocenters. The van der Waals surface area contributed by atoms with Gasteiger partial charge in [0.1, 0.15) is 5.75 Å². The lowest BCUT2D eigenvalue weighted by atomic mass is 10.2. The SMILES string of the molecule is CN(C)CCN(C[C@@H]1CCCO1)C(=O)Nc1ccc2c(c1)N(C)C(=O)CO2. The van der Waals surface area contributed by atoms with Gasteiger partial charge in [0.25, 0.3) is 5.91 Å². The van der Waals surface area contributed by atoms with Crippen LogP contribution in [-0.4, -0.2) is 81.8 Å². The molecule has 0 bridgehead atoms. The molecule has 0 unspecified atom stereocenters. The number of hydrogen-bond acceptors (Lipinski definition) is 5. The number of amides is 3. The van der Waals surface area contributed by atoms with Gasteiger partial charge in [0.05, 0.1) is 11.8 Å². The first kappa shape index (κ1) is 19.4. The highest BCUT2D eigenvalue weighted by Crippen LogP contribution is 2.33. The van der Waals surface area contributed by atoms with Crippen molar-refractivity contribution in [3.8, 4) is 5.75 Å². The van der Waals surface area contributed by atoms with E-state index in [2.05, 4.69) is 5.32 Å². The molecule has 0 spiro atoms. The highest BCUT2D eigenvalue weighted by Gasteiger charge is 2.25. The molecule has 2 aliphatic heterocycles. The van der Waals surface area contributed by atoms with Gasteiger partial charge in [-0.3, -0.25) is 4.79 Å². The normalized spacial score (nSPS) is 19.0. The molecular weight excluding hydrogens is 348 g/mol. The Kier molecular flexibility index (Phi) is 6.18. The highest BCUT2D eigenvalue weighted by molar-refractivity contribution is 5.99. The summed E-state index contributed by atoms with van der Waals surface area (Å²) >= 11 is 0. The Morgan fingerprint density at radius 3 is 2.85 bits per heavy atom. The van der Waals surface area contributed by atoms with Crippen molar-refractivity contribution >= 4 is 23.3 Å². The molecule has 1 aromatic rings. The Balaban J connectivity index is 1.69. The van der Waals surface area contributed by atoms with Crippen LogP contribution in [0.25, 0.3) is 0 Å². The van der Waals surface area contributed by atoms with Crippen LogP contribution in [0.5, 0.6) is 5.75 Å². The van der Waals surface area contributed by atoms with Crippen LogP contribution in [0.4, 0.5) is 16.2 Å². The molecule has 1 aromatic carbocycles. The number of carbonyl (C=O) groups is 2. The zero-order valence-electron chi connectivity index (χ0n) is 16.2. The van der Waals surface area contributed by atoms with Crippen molar-refractivity contribution < 1.29 is 19.1 Å². The Morgan fingerprint density at radius 1 is 1.33 bits per heavy atom. The van der Waals surface area contributed by atoms with Gasteiger partial charge in [-0.15, -0.1) is 0 Å². The van der Waals surface area contributed by atoms with Crippen LogP contribution in [0.3, 0.4) is 0 Å². The van der Waals surface area contributed by atoms with Gasteiger partial charge in [0, 0.05) is 39.0 Å². The van der Waals surface area contributed by atoms with E-state index in [0.717, 1.165) is 26.0 Å². The summed E-state index contributed by atoms with van der Waals surface area (Å²) in [4.78, 5) is 30.1. The second kappa shape index (κ2) is 8.58. The van der Waals surface area contributed by atoms with Crippen LogP contribution >= 0.6 is 0 Å². The van der Waals surface area contributed by atoms with E-state index in [0.29, 0.717) is 30.2 Å². The average molecular weight is 376 g/mol. The number of urea groups is 1. The van der Waals surface area contributed by atoms with Crippen molar-refractivity contribution in [2.45, 2.75) is 18.9 Å². The van der Waals surface area contributed by atoms with Crippen molar-refractivity contribution in [3.63, 3.8) is 0 Å². The summed E-state index contributed by atoms with van der Waals surface area (Å²) in [5.41, 5.74) is 1.29. The van der Waals surface area contributed by atoms with Gasteiger partial charge < -0.3 is 29.5 Å². The molecule has 1 fully saturated rings. The molecule has 2 heterocycles. The van der Waals surface area contributed by atoms with Crippen LogP contribution in [0.1, 0.15) is 12.8 Å². The Hall–Kier alpha value is -2.32. The number of rotatable bonds is 6. The van der Waals surface area contributed by atoms with Gasteiger partial charge in [-0.2, -0.15) is 0 Å². The fourth-order valence-corrected chi connectivity index (χ4v) is 3.18. The maximum atomic E-state index is 12.9. The first-order valence-electron chi connectivity index (χ1n) is 9.29. The van der Waals surface area contributed by atoms with Gasteiger partial charge in [-0.1, -0.05) is 0 Å². The third-order valence-electron chi connectivity index (χ3n) is 4.85. The molecular formula is C19H28N4O4. The lowest BCUT2D eigenvalue weighted by Gasteiger charge is -2.28. The number of ether oxygens (including phenoxy) is 2. The number of anilines is 2. The van der Waals surface area contributed by atoms with Gasteiger partial charge in [0.15, 0.2) is 6.61 Å². The van der Waals surface area contributed by atoms with Crippen LogP contribution in [0.15, 0.2) is 18.2 Å². The summed E-state index contributed by atoms with van der Waals surface area (Å²) in [6, 6.07) is 5.16. The summed E-state index contributed by atoms with van der Waals surface area (Å²) in [6.07, 6.45) is 2.12. The zero-order chi connectivity index (χ0) is 19.4. The van der Waals surface area contributed by atoms with E-state index in [4.69, 9.17) is 9.47 Å². The van der Waals surface area contributed by atoms with Gasteiger partial charge in [0.2, 0.25) is 0 Å². The minimum atomic E-state index is -0.169. The topological polar surface area (TPSA) is 74.4 Å². The van der Waals surface area contributed by atoms with Crippen molar-refractivity contribution in [1.82, 2.24) is 9.80 Å². The molecule has 0 aliphatic carbocycles. The molecule has 1 saturated heterocycles. The number of benzene rings is 1. The Labute approximate surface area is 160 Å². The number of fused-ring (bicyclic) bond motifs is 1. The molecule has 27 heavy (non-hydrogen) atoms. The third kappa shape index (κ3) is 4.90. The summed E-state index contributed by atoms with van der Waals surface area (Å²) in [5, 5.41) is 2.94. The summed E-state index contributed by atoms with van der Waals surface area (Å²) in [7, 11) is 5.67. The molecule has 2 aliphatic rings. The summed E-state index contributed by atoms with van der Waals surface area (Å²) in [5.74, 6) is 0.524. The maximum Gasteiger partial charge on any atom is 0.321 e. The molecule has 8 heteroatoms. The minimum absolute atomic E-state index is 0.0366. The number of nitrogens with one attached hydrogen (secondary N) is 1. The molecule has 0 saturated carbocycles. The van der Waals surface area contributed by atoms with Gasteiger partial charge in [-0.25, -0.2) is 4.79 Å². The second-order valence-electron chi connectivity index (χ2n) is 7.24. The van der Waals surface area contributed by atoms with E-state index in [9.17, 15) is 9.59 Å². The quantitative estimate of drug-likeness (QED) is 0.817. The lowest BCUT2D eigenvalue weighted by Crippen LogP contribution is -2.43. The molecule has 148 valence electrons. The van der Waals surface area contributed by atoms with E-state index in [1.54, 1.807) is 35.0 Å². The van der Waals surface area contributed by atoms with Crippen LogP contribution in [0, 0.1) is 0 Å². The number of hydrogen-bond donors (Lipinski definition) is 1. The average Bonchev–Trinajstić information content (AvgIpc) is 3.15. The molecule has 8 nitrogen and oxygen atoms in total. The lowest BCUT2D eigenvalue weighted by molar-refractivity contribution is -0.120. The van der Waals surface area contributed by atoms with Crippen molar-refractivity contribution in [3.05, 3.63) is 18.2 Å². The molecule has 0 radical (unpaired) electrons. The first-order valence-corrected chi connectivity index (χ1v) is 9.29. The Bertz CT molecular complexity index is 688. The van der Waals surface area contributed by atoms with E-state index in [1.807, 2.05) is 19.0 Å². The minimum Gasteiger partial charge on any atom is -0.482 e. The number of carbonyl (C=O) groups excluding carboxylic acids is 2. The molecule has 0 aromatic heterocycles. The highest BCUT2D eigenvalue weighted by atomic mass is 16.5. The first-order chi connectivity index (χ1) is 12.9. The predicted molar refractivity (Wildman–Crippen MR) is 103 cm³/mol. The second-order valence-corrected chi connectivity index (χ2v) is 7.24. The van der Waals surface area contributed by atoms with Crippen LogP contribution in [-0.2, 0) is 9.53 Å². The monoisotopic (exact) mass is 376 g/mol. The number of nitrogens with zero attached hydrogens (tertiary/aromatic N) is 3. The van der Waals surface area contributed by atoms with E-state index >= 15 is 0 Å². The van der Waals surface area contributed by atoms with Crippen molar-refractivity contribution in [1.29, 1.82) is 0 Å². The van der Waals surface area contributed by atoms with E-state index < -0.39 is 0 Å². The van der Waals surface area contributed by atoms with E-state index in [-0.39, 0.29) is 24.6 Å². The molecule has 3 rings (SSSR count). The fourth-order valence-electron chi connectivity index (χ4n) is 3.18. The standard InChI is InChI=1S/C19H28N4O4/c1-21(2)8-9-23(12-15-5-4-10-26-15)19(25)20-14-6-7-17-16(11-14)22(3)18(24)13-27-17/h6-7,11,15H,4-5,8-10,12-13H2,1-3H3,(H,20,25)/t15-/m0/s1. The van der Waals surface area contributed by atoms with Crippen LogP contribution < -0.4 is 15.0 Å². The van der Waals surface area contributed by atoms with Crippen molar-refractivity contribution in [2.24, 2.45) is 0 Å². The van der Waals surface area contributed by atoms with E-state index in [1.165, 1.54) is 0 Å². The Morgan fingerprint density at radius 2 is 2.15 bits per heavy atom. The van der Waals surface area contributed by atoms with Gasteiger partial charge >= 0.3 is 6.03 Å². The van der Waals surface area contributed by atoms with Crippen molar-refractivity contribution in [2.75, 3.05) is 64.2 Å². The molecule has 3 amide bonds. The largest absolute Gasteiger partial charge is 0.482 e. The smallest absolute Gasteiger partial charge is 0.321 e. The molecule has 1 N–H and O–H groups in total. The fraction of sp³-hybridized carbons (Fsp3) is 0.579. The van der Waals surface area contributed by atoms with Crippen LogP contribution in [0.2, 0.25) is 0 Å².